The standard InChI is InChI=1S/C19H19F3N2O/c1-12-17(10-11-23-12)24-18(25)15-4-2-13(3-5-15)14-6-8-16(9-7-14)19(20,21)22/h2-9,12,17,23H,10-11H2,1H3,(H,24,25). The topological polar surface area (TPSA) is 41.1 Å². The van der Waals surface area contributed by atoms with Gasteiger partial charge in [0.1, 0.15) is 0 Å². The quantitative estimate of drug-likeness (QED) is 0.885. The summed E-state index contributed by atoms with van der Waals surface area (Å²) in [5.74, 6) is -0.139. The first-order valence-electron chi connectivity index (χ1n) is 8.16. The molecule has 1 aliphatic heterocycles. The molecule has 3 rings (SSSR count). The molecule has 0 saturated carbocycles. The molecule has 0 bridgehead atoms. The van der Waals surface area contributed by atoms with E-state index in [1.807, 2.05) is 6.92 Å². The highest BCUT2D eigenvalue weighted by molar-refractivity contribution is 5.95. The van der Waals surface area contributed by atoms with Crippen LogP contribution >= 0.6 is 0 Å². The van der Waals surface area contributed by atoms with E-state index >= 15 is 0 Å². The van der Waals surface area contributed by atoms with Crippen molar-refractivity contribution in [2.75, 3.05) is 6.54 Å². The predicted molar refractivity (Wildman–Crippen MR) is 90.2 cm³/mol. The molecule has 2 atom stereocenters. The summed E-state index contributed by atoms with van der Waals surface area (Å²) in [4.78, 5) is 12.3. The fourth-order valence-electron chi connectivity index (χ4n) is 2.97. The van der Waals surface area contributed by atoms with Crippen molar-refractivity contribution in [3.8, 4) is 11.1 Å². The van der Waals surface area contributed by atoms with E-state index in [4.69, 9.17) is 0 Å². The maximum absolute atomic E-state index is 12.6. The smallest absolute Gasteiger partial charge is 0.348 e. The SMILES string of the molecule is CC1NCCC1NC(=O)c1ccc(-c2ccc(C(F)(F)F)cc2)cc1. The maximum Gasteiger partial charge on any atom is 0.416 e. The summed E-state index contributed by atoms with van der Waals surface area (Å²) in [6.45, 7) is 2.92. The van der Waals surface area contributed by atoms with Gasteiger partial charge in [-0.05, 0) is 55.3 Å². The van der Waals surface area contributed by atoms with Crippen molar-refractivity contribution in [1.29, 1.82) is 0 Å². The lowest BCUT2D eigenvalue weighted by Gasteiger charge is -2.17. The molecule has 1 saturated heterocycles. The van der Waals surface area contributed by atoms with Gasteiger partial charge in [0.2, 0.25) is 0 Å². The highest BCUT2D eigenvalue weighted by Crippen LogP contribution is 2.31. The lowest BCUT2D eigenvalue weighted by molar-refractivity contribution is -0.137. The number of halogens is 3. The summed E-state index contributed by atoms with van der Waals surface area (Å²) in [6.07, 6.45) is -3.44. The third-order valence-corrected chi connectivity index (χ3v) is 4.53. The molecule has 0 aliphatic carbocycles. The first-order chi connectivity index (χ1) is 11.8. The van der Waals surface area contributed by atoms with Gasteiger partial charge in [-0.3, -0.25) is 4.79 Å². The molecule has 132 valence electrons. The van der Waals surface area contributed by atoms with Gasteiger partial charge in [0, 0.05) is 17.6 Å². The summed E-state index contributed by atoms with van der Waals surface area (Å²) < 4.78 is 37.8. The van der Waals surface area contributed by atoms with Gasteiger partial charge >= 0.3 is 6.18 Å². The van der Waals surface area contributed by atoms with Crippen LogP contribution in [0.4, 0.5) is 13.2 Å². The number of nitrogens with one attached hydrogen (secondary N) is 2. The molecule has 1 heterocycles. The molecule has 2 aromatic carbocycles. The fraction of sp³-hybridized carbons (Fsp3) is 0.316. The summed E-state index contributed by atoms with van der Waals surface area (Å²) in [7, 11) is 0. The van der Waals surface area contributed by atoms with Crippen LogP contribution in [0.3, 0.4) is 0 Å². The summed E-state index contributed by atoms with van der Waals surface area (Å²) >= 11 is 0. The van der Waals surface area contributed by atoms with E-state index in [0.29, 0.717) is 11.1 Å². The van der Waals surface area contributed by atoms with E-state index in [1.54, 1.807) is 24.3 Å². The third kappa shape index (κ3) is 4.02. The molecule has 0 spiro atoms. The van der Waals surface area contributed by atoms with Crippen molar-refractivity contribution >= 4 is 5.91 Å². The van der Waals surface area contributed by atoms with E-state index < -0.39 is 11.7 Å². The van der Waals surface area contributed by atoms with Crippen LogP contribution < -0.4 is 10.6 Å². The van der Waals surface area contributed by atoms with E-state index in [2.05, 4.69) is 10.6 Å². The molecule has 6 heteroatoms. The molecule has 25 heavy (non-hydrogen) atoms. The zero-order valence-electron chi connectivity index (χ0n) is 13.7. The molecule has 1 aliphatic rings. The Morgan fingerprint density at radius 3 is 2.08 bits per heavy atom. The minimum Gasteiger partial charge on any atom is -0.348 e. The number of amides is 1. The Bertz CT molecular complexity index is 739. The van der Waals surface area contributed by atoms with E-state index in [-0.39, 0.29) is 18.0 Å². The summed E-state index contributed by atoms with van der Waals surface area (Å²) in [5.41, 5.74) is 1.30. The highest BCUT2D eigenvalue weighted by Gasteiger charge is 2.30. The number of benzene rings is 2. The second kappa shape index (κ2) is 6.88. The van der Waals surface area contributed by atoms with Gasteiger partial charge in [-0.15, -0.1) is 0 Å². The van der Waals surface area contributed by atoms with Crippen LogP contribution in [0.15, 0.2) is 48.5 Å². The van der Waals surface area contributed by atoms with Crippen molar-refractivity contribution in [2.45, 2.75) is 31.6 Å². The number of rotatable bonds is 3. The molecule has 1 amide bonds. The van der Waals surface area contributed by atoms with Crippen LogP contribution in [-0.2, 0) is 6.18 Å². The Balaban J connectivity index is 1.70. The third-order valence-electron chi connectivity index (χ3n) is 4.53. The number of carbonyl (C=O) groups excluding carboxylic acids is 1. The Morgan fingerprint density at radius 1 is 1.04 bits per heavy atom. The zero-order chi connectivity index (χ0) is 18.0. The zero-order valence-corrected chi connectivity index (χ0v) is 13.7. The fourth-order valence-corrected chi connectivity index (χ4v) is 2.97. The Hall–Kier alpha value is -2.34. The second-order valence-electron chi connectivity index (χ2n) is 6.26. The molecule has 2 N–H and O–H groups in total. The van der Waals surface area contributed by atoms with Crippen LogP contribution in [0.2, 0.25) is 0 Å². The highest BCUT2D eigenvalue weighted by atomic mass is 19.4. The largest absolute Gasteiger partial charge is 0.416 e. The van der Waals surface area contributed by atoms with Crippen molar-refractivity contribution < 1.29 is 18.0 Å². The van der Waals surface area contributed by atoms with Crippen LogP contribution in [0.5, 0.6) is 0 Å². The molecule has 1 fully saturated rings. The first kappa shape index (κ1) is 17.5. The molecular formula is C19H19F3N2O. The molecular weight excluding hydrogens is 329 g/mol. The van der Waals surface area contributed by atoms with Gasteiger partial charge in [-0.2, -0.15) is 13.2 Å². The second-order valence-corrected chi connectivity index (χ2v) is 6.26. The minimum atomic E-state index is -4.34. The number of hydrogen-bond acceptors (Lipinski definition) is 2. The minimum absolute atomic E-state index is 0.113. The monoisotopic (exact) mass is 348 g/mol. The Kier molecular flexibility index (Phi) is 4.81. The molecule has 0 radical (unpaired) electrons. The first-order valence-corrected chi connectivity index (χ1v) is 8.16. The van der Waals surface area contributed by atoms with Gasteiger partial charge in [0.25, 0.3) is 5.91 Å². The Labute approximate surface area is 144 Å². The number of alkyl halides is 3. The van der Waals surface area contributed by atoms with Gasteiger partial charge in [0.15, 0.2) is 0 Å². The summed E-state index contributed by atoms with van der Waals surface area (Å²) in [5, 5.41) is 6.28. The van der Waals surface area contributed by atoms with Crippen molar-refractivity contribution in [3.63, 3.8) is 0 Å². The normalized spacial score (nSPS) is 20.5. The average molecular weight is 348 g/mol. The van der Waals surface area contributed by atoms with E-state index in [0.717, 1.165) is 30.7 Å². The molecule has 2 aromatic rings. The lowest BCUT2D eigenvalue weighted by atomic mass is 10.0. The van der Waals surface area contributed by atoms with Crippen LogP contribution in [0.25, 0.3) is 11.1 Å². The average Bonchev–Trinajstić information content (AvgIpc) is 2.99. The van der Waals surface area contributed by atoms with Crippen molar-refractivity contribution in [3.05, 3.63) is 59.7 Å². The van der Waals surface area contributed by atoms with Crippen LogP contribution in [0, 0.1) is 0 Å². The van der Waals surface area contributed by atoms with Crippen molar-refractivity contribution in [1.82, 2.24) is 10.6 Å². The Morgan fingerprint density at radius 2 is 1.60 bits per heavy atom. The lowest BCUT2D eigenvalue weighted by Crippen LogP contribution is -2.41. The predicted octanol–water partition coefficient (Wildman–Crippen LogP) is 3.85. The molecule has 2 unspecified atom stereocenters. The van der Waals surface area contributed by atoms with E-state index in [1.165, 1.54) is 12.1 Å². The number of hydrogen-bond donors (Lipinski definition) is 2. The molecule has 3 nitrogen and oxygen atoms in total. The van der Waals surface area contributed by atoms with Gasteiger partial charge in [0.05, 0.1) is 5.56 Å². The van der Waals surface area contributed by atoms with Gasteiger partial charge < -0.3 is 10.6 Å². The van der Waals surface area contributed by atoms with Crippen LogP contribution in [0.1, 0.15) is 29.3 Å². The van der Waals surface area contributed by atoms with E-state index in [9.17, 15) is 18.0 Å². The van der Waals surface area contributed by atoms with Crippen molar-refractivity contribution in [2.24, 2.45) is 0 Å². The summed E-state index contributed by atoms with van der Waals surface area (Å²) in [6, 6.07) is 12.2. The van der Waals surface area contributed by atoms with Crippen LogP contribution in [-0.4, -0.2) is 24.5 Å². The van der Waals surface area contributed by atoms with Gasteiger partial charge in [-0.25, -0.2) is 0 Å². The van der Waals surface area contributed by atoms with Gasteiger partial charge in [-0.1, -0.05) is 24.3 Å². The number of carbonyl (C=O) groups is 1. The molecule has 0 aromatic heterocycles. The maximum atomic E-state index is 12.6.